The molecule has 0 bridgehead atoms. The Labute approximate surface area is 228 Å². The van der Waals surface area contributed by atoms with E-state index in [2.05, 4.69) is 10.6 Å². The molecule has 1 saturated heterocycles. The standard InChI is InChI=1S/C30H39F2N3O4/c1-19-14-21(16-23(31)15-19)27-25(7-3-8-26(27)32)30(39,11-5-12-34-29(37)38)22-6-4-13-35(18-22)28(36)20-9-10-24(17-20)33-2/h3,7-8,14-16,20,22,24,33-34,39H,4-6,9-13,17-18H2,1-2H3,(H,37,38). The van der Waals surface area contributed by atoms with Gasteiger partial charge in [-0.15, -0.1) is 0 Å². The number of carbonyl (C=O) groups is 2. The summed E-state index contributed by atoms with van der Waals surface area (Å²) < 4.78 is 29.9. The van der Waals surface area contributed by atoms with Crippen LogP contribution < -0.4 is 10.6 Å². The highest BCUT2D eigenvalue weighted by Crippen LogP contribution is 2.45. The van der Waals surface area contributed by atoms with Crippen molar-refractivity contribution >= 4 is 12.0 Å². The number of halogens is 2. The molecule has 9 heteroatoms. The molecule has 1 saturated carbocycles. The van der Waals surface area contributed by atoms with E-state index in [1.54, 1.807) is 19.1 Å². The lowest BCUT2D eigenvalue weighted by atomic mass is 9.72. The summed E-state index contributed by atoms with van der Waals surface area (Å²) in [5.41, 5.74) is -0.155. The van der Waals surface area contributed by atoms with Crippen molar-refractivity contribution < 1.29 is 28.6 Å². The number of carboxylic acid groups (broad SMARTS) is 1. The van der Waals surface area contributed by atoms with Gasteiger partial charge >= 0.3 is 6.09 Å². The van der Waals surface area contributed by atoms with Crippen LogP contribution in [0.3, 0.4) is 0 Å². The zero-order valence-corrected chi connectivity index (χ0v) is 22.7. The fraction of sp³-hybridized carbons (Fsp3) is 0.533. The first-order valence-electron chi connectivity index (χ1n) is 13.8. The minimum atomic E-state index is -1.57. The first-order chi connectivity index (χ1) is 18.6. The molecule has 0 radical (unpaired) electrons. The van der Waals surface area contributed by atoms with Gasteiger partial charge < -0.3 is 25.7 Å². The summed E-state index contributed by atoms with van der Waals surface area (Å²) in [5, 5.41) is 27.0. The van der Waals surface area contributed by atoms with Crippen LogP contribution in [0.5, 0.6) is 0 Å². The number of benzene rings is 2. The lowest BCUT2D eigenvalue weighted by molar-refractivity contribution is -0.140. The molecular weight excluding hydrogens is 504 g/mol. The number of hydrogen-bond donors (Lipinski definition) is 4. The number of aryl methyl sites for hydroxylation is 1. The Morgan fingerprint density at radius 3 is 2.64 bits per heavy atom. The number of nitrogens with zero attached hydrogens (tertiary/aromatic N) is 1. The number of likely N-dealkylation sites (tertiary alicyclic amines) is 1. The molecule has 2 amide bonds. The summed E-state index contributed by atoms with van der Waals surface area (Å²) in [6.07, 6.45) is 3.16. The maximum Gasteiger partial charge on any atom is 0.404 e. The normalized spacial score (nSPS) is 22.9. The van der Waals surface area contributed by atoms with Crippen LogP contribution in [-0.4, -0.2) is 59.8 Å². The van der Waals surface area contributed by atoms with Gasteiger partial charge in [0.05, 0.1) is 5.60 Å². The predicted octanol–water partition coefficient (Wildman–Crippen LogP) is 4.80. The van der Waals surface area contributed by atoms with E-state index in [9.17, 15) is 19.1 Å². The highest BCUT2D eigenvalue weighted by molar-refractivity contribution is 5.79. The first kappa shape index (κ1) is 29.0. The summed E-state index contributed by atoms with van der Waals surface area (Å²) in [4.78, 5) is 26.3. The molecule has 212 valence electrons. The van der Waals surface area contributed by atoms with Crippen molar-refractivity contribution in [3.05, 3.63) is 59.2 Å². The third-order valence-electron chi connectivity index (χ3n) is 8.42. The monoisotopic (exact) mass is 543 g/mol. The summed E-state index contributed by atoms with van der Waals surface area (Å²) in [5.74, 6) is -1.45. The van der Waals surface area contributed by atoms with Crippen molar-refractivity contribution in [2.45, 2.75) is 63.5 Å². The molecule has 4 rings (SSSR count). The molecule has 2 aromatic carbocycles. The van der Waals surface area contributed by atoms with Crippen LogP contribution in [0.25, 0.3) is 11.1 Å². The lowest BCUT2D eigenvalue weighted by Crippen LogP contribution is -2.50. The topological polar surface area (TPSA) is 102 Å². The Hall–Kier alpha value is -3.04. The lowest BCUT2D eigenvalue weighted by Gasteiger charge is -2.44. The number of aliphatic hydroxyl groups is 1. The van der Waals surface area contributed by atoms with E-state index >= 15 is 4.39 Å². The summed E-state index contributed by atoms with van der Waals surface area (Å²) in [6.45, 7) is 2.76. The smallest absolute Gasteiger partial charge is 0.404 e. The van der Waals surface area contributed by atoms with Crippen molar-refractivity contribution in [3.63, 3.8) is 0 Å². The molecule has 2 aromatic rings. The van der Waals surface area contributed by atoms with Gasteiger partial charge in [-0.05, 0) is 93.8 Å². The van der Waals surface area contributed by atoms with Gasteiger partial charge in [-0.2, -0.15) is 0 Å². The third-order valence-corrected chi connectivity index (χ3v) is 8.42. The summed E-state index contributed by atoms with van der Waals surface area (Å²) in [7, 11) is 1.91. The number of hydrogen-bond acceptors (Lipinski definition) is 4. The van der Waals surface area contributed by atoms with E-state index < -0.39 is 29.2 Å². The van der Waals surface area contributed by atoms with E-state index in [1.807, 2.05) is 11.9 Å². The molecular formula is C30H39F2N3O4. The minimum Gasteiger partial charge on any atom is -0.465 e. The van der Waals surface area contributed by atoms with Crippen molar-refractivity contribution in [2.75, 3.05) is 26.7 Å². The average Bonchev–Trinajstić information content (AvgIpc) is 3.39. The molecule has 1 aliphatic heterocycles. The van der Waals surface area contributed by atoms with Crippen molar-refractivity contribution in [1.82, 2.24) is 15.5 Å². The largest absolute Gasteiger partial charge is 0.465 e. The molecule has 4 atom stereocenters. The van der Waals surface area contributed by atoms with Gasteiger partial charge in [-0.1, -0.05) is 18.2 Å². The van der Waals surface area contributed by atoms with Crippen LogP contribution in [0.15, 0.2) is 36.4 Å². The fourth-order valence-corrected chi connectivity index (χ4v) is 6.46. The second-order valence-corrected chi connectivity index (χ2v) is 11.1. The molecule has 0 aromatic heterocycles. The van der Waals surface area contributed by atoms with Gasteiger partial charge in [-0.3, -0.25) is 4.79 Å². The maximum atomic E-state index is 15.5. The molecule has 39 heavy (non-hydrogen) atoms. The minimum absolute atomic E-state index is 0.0611. The molecule has 7 nitrogen and oxygen atoms in total. The average molecular weight is 544 g/mol. The van der Waals surface area contributed by atoms with Gasteiger partial charge in [0.25, 0.3) is 0 Å². The molecule has 1 heterocycles. The molecule has 0 spiro atoms. The summed E-state index contributed by atoms with van der Waals surface area (Å²) >= 11 is 0. The van der Waals surface area contributed by atoms with E-state index in [0.29, 0.717) is 55.1 Å². The number of nitrogens with one attached hydrogen (secondary N) is 2. The molecule has 2 fully saturated rings. The van der Waals surface area contributed by atoms with E-state index in [0.717, 1.165) is 19.3 Å². The fourth-order valence-electron chi connectivity index (χ4n) is 6.46. The van der Waals surface area contributed by atoms with Gasteiger partial charge in [-0.25, -0.2) is 13.6 Å². The predicted molar refractivity (Wildman–Crippen MR) is 145 cm³/mol. The van der Waals surface area contributed by atoms with Crippen LogP contribution in [0.1, 0.15) is 56.1 Å². The Kier molecular flexibility index (Phi) is 9.23. The zero-order chi connectivity index (χ0) is 28.2. The van der Waals surface area contributed by atoms with E-state index in [-0.39, 0.29) is 30.4 Å². The maximum absolute atomic E-state index is 15.5. The third kappa shape index (κ3) is 6.58. The number of rotatable bonds is 9. The van der Waals surface area contributed by atoms with Crippen LogP contribution >= 0.6 is 0 Å². The van der Waals surface area contributed by atoms with Gasteiger partial charge in [0.2, 0.25) is 5.91 Å². The van der Waals surface area contributed by atoms with Crippen molar-refractivity contribution in [3.8, 4) is 11.1 Å². The Morgan fingerprint density at radius 2 is 1.95 bits per heavy atom. The van der Waals surface area contributed by atoms with E-state index in [1.165, 1.54) is 24.3 Å². The van der Waals surface area contributed by atoms with Crippen molar-refractivity contribution in [1.29, 1.82) is 0 Å². The Bertz CT molecular complexity index is 1170. The second-order valence-electron chi connectivity index (χ2n) is 11.1. The number of amides is 2. The Morgan fingerprint density at radius 1 is 1.15 bits per heavy atom. The van der Waals surface area contributed by atoms with Gasteiger partial charge in [0, 0.05) is 43.1 Å². The Balaban J connectivity index is 1.69. The van der Waals surface area contributed by atoms with Crippen LogP contribution in [0.4, 0.5) is 13.6 Å². The second kappa shape index (κ2) is 12.4. The summed E-state index contributed by atoms with van der Waals surface area (Å²) in [6, 6.07) is 9.12. The van der Waals surface area contributed by atoms with Gasteiger partial charge in [0.15, 0.2) is 0 Å². The zero-order valence-electron chi connectivity index (χ0n) is 22.7. The van der Waals surface area contributed by atoms with Crippen LogP contribution in [-0.2, 0) is 10.4 Å². The highest BCUT2D eigenvalue weighted by atomic mass is 19.1. The van der Waals surface area contributed by atoms with Gasteiger partial charge in [0.1, 0.15) is 11.6 Å². The highest BCUT2D eigenvalue weighted by Gasteiger charge is 2.44. The molecule has 4 unspecified atom stereocenters. The molecule has 2 aliphatic rings. The van der Waals surface area contributed by atoms with E-state index in [4.69, 9.17) is 5.11 Å². The van der Waals surface area contributed by atoms with Crippen LogP contribution in [0, 0.1) is 30.4 Å². The number of piperidine rings is 1. The number of carbonyl (C=O) groups excluding carboxylic acids is 1. The molecule has 4 N–H and O–H groups in total. The van der Waals surface area contributed by atoms with Crippen molar-refractivity contribution in [2.24, 2.45) is 11.8 Å². The van der Waals surface area contributed by atoms with Crippen LogP contribution in [0.2, 0.25) is 0 Å². The molecule has 1 aliphatic carbocycles. The SMILES string of the molecule is CNC1CCC(C(=O)N2CCCC(C(O)(CCCNC(=O)O)c3cccc(F)c3-c3cc(C)cc(F)c3)C2)C1. The quantitative estimate of drug-likeness (QED) is 0.340. The first-order valence-corrected chi connectivity index (χ1v) is 13.8.